The van der Waals surface area contributed by atoms with Crippen molar-refractivity contribution < 1.29 is 40.3 Å². The van der Waals surface area contributed by atoms with Crippen LogP contribution in [0.4, 0.5) is 33.9 Å². The Morgan fingerprint density at radius 1 is 1.10 bits per heavy atom. The standard InChI is InChI=1S/C25H23F4N5O5S/c1-33(19-4-6-20(7-5-19)39-24(28)29)23(35)21(13-15-11-17(26)14-18(27)12-15)31-25(36)32-40(37,38)34-10-8-16-3-2-9-30-22(16)34/h2-7,9,11-12,14,21,24H,8,10,13H2,1H3,(H2,31,32,36). The van der Waals surface area contributed by atoms with E-state index in [0.717, 1.165) is 21.3 Å². The molecule has 1 aromatic heterocycles. The summed E-state index contributed by atoms with van der Waals surface area (Å²) in [4.78, 5) is 31.3. The minimum atomic E-state index is -4.43. The molecule has 0 saturated carbocycles. The van der Waals surface area contributed by atoms with E-state index in [0.29, 0.717) is 18.1 Å². The Morgan fingerprint density at radius 3 is 2.42 bits per heavy atom. The van der Waals surface area contributed by atoms with Crippen LogP contribution >= 0.6 is 0 Å². The highest BCUT2D eigenvalue weighted by molar-refractivity contribution is 7.91. The molecule has 2 N–H and O–H groups in total. The molecule has 2 aromatic carbocycles. The van der Waals surface area contributed by atoms with Gasteiger partial charge in [0.25, 0.3) is 0 Å². The van der Waals surface area contributed by atoms with Crippen LogP contribution in [-0.2, 0) is 27.8 Å². The molecule has 15 heteroatoms. The second kappa shape index (κ2) is 11.8. The first kappa shape index (κ1) is 28.6. The maximum Gasteiger partial charge on any atom is 0.387 e. The summed E-state index contributed by atoms with van der Waals surface area (Å²) in [6, 6.07) is 8.12. The molecule has 1 aliphatic heterocycles. The monoisotopic (exact) mass is 581 g/mol. The van der Waals surface area contributed by atoms with Crippen molar-refractivity contribution in [3.05, 3.63) is 83.6 Å². The Morgan fingerprint density at radius 2 is 1.77 bits per heavy atom. The number of benzene rings is 2. The van der Waals surface area contributed by atoms with Crippen LogP contribution in [0.2, 0.25) is 0 Å². The van der Waals surface area contributed by atoms with E-state index in [9.17, 15) is 35.6 Å². The van der Waals surface area contributed by atoms with Crippen LogP contribution in [0.3, 0.4) is 0 Å². The van der Waals surface area contributed by atoms with Gasteiger partial charge in [0.2, 0.25) is 5.91 Å². The summed E-state index contributed by atoms with van der Waals surface area (Å²) >= 11 is 0. The van der Waals surface area contributed by atoms with Gasteiger partial charge in [-0.05, 0) is 60.0 Å². The van der Waals surface area contributed by atoms with Gasteiger partial charge in [-0.25, -0.2) is 27.6 Å². The number of anilines is 2. The van der Waals surface area contributed by atoms with Crippen LogP contribution in [-0.4, -0.2) is 51.6 Å². The van der Waals surface area contributed by atoms with Gasteiger partial charge in [-0.3, -0.25) is 4.79 Å². The molecule has 0 saturated heterocycles. The van der Waals surface area contributed by atoms with E-state index < -0.39 is 52.9 Å². The Kier molecular flexibility index (Phi) is 8.42. The lowest BCUT2D eigenvalue weighted by Crippen LogP contribution is -2.54. The third-order valence-electron chi connectivity index (χ3n) is 5.95. The van der Waals surface area contributed by atoms with Crippen LogP contribution in [0.25, 0.3) is 0 Å². The molecule has 4 rings (SSSR count). The van der Waals surface area contributed by atoms with Gasteiger partial charge in [-0.2, -0.15) is 17.2 Å². The highest BCUT2D eigenvalue weighted by atomic mass is 32.2. The van der Waals surface area contributed by atoms with Crippen LogP contribution in [0.5, 0.6) is 5.75 Å². The van der Waals surface area contributed by atoms with Crippen molar-refractivity contribution in [3.8, 4) is 5.75 Å². The van der Waals surface area contributed by atoms with Gasteiger partial charge in [0.05, 0.1) is 0 Å². The molecule has 3 aromatic rings. The first-order chi connectivity index (χ1) is 18.9. The van der Waals surface area contributed by atoms with E-state index in [4.69, 9.17) is 0 Å². The third kappa shape index (κ3) is 6.77. The topological polar surface area (TPSA) is 121 Å². The minimum absolute atomic E-state index is 0.00533. The molecular weight excluding hydrogens is 558 g/mol. The molecule has 0 bridgehead atoms. The highest BCUT2D eigenvalue weighted by Gasteiger charge is 2.33. The number of fused-ring (bicyclic) bond motifs is 1. The number of alkyl halides is 2. The van der Waals surface area contributed by atoms with Crippen molar-refractivity contribution in [1.82, 2.24) is 15.0 Å². The normalized spacial score (nSPS) is 13.5. The Labute approximate surface area is 226 Å². The molecule has 0 radical (unpaired) electrons. The molecule has 0 spiro atoms. The number of pyridine rings is 1. The number of aromatic nitrogens is 1. The molecule has 0 aliphatic carbocycles. The lowest BCUT2D eigenvalue weighted by Gasteiger charge is -2.26. The number of hydrogen-bond donors (Lipinski definition) is 2. The third-order valence-corrected chi connectivity index (χ3v) is 7.32. The molecule has 2 heterocycles. The van der Waals surface area contributed by atoms with Gasteiger partial charge in [-0.1, -0.05) is 6.07 Å². The number of ether oxygens (including phenoxy) is 1. The van der Waals surface area contributed by atoms with E-state index in [1.165, 1.54) is 37.5 Å². The van der Waals surface area contributed by atoms with Gasteiger partial charge in [0, 0.05) is 38.0 Å². The van der Waals surface area contributed by atoms with Crippen LogP contribution < -0.4 is 24.0 Å². The Balaban J connectivity index is 1.54. The number of urea groups is 1. The van der Waals surface area contributed by atoms with Crippen LogP contribution in [0, 0.1) is 11.6 Å². The molecule has 10 nitrogen and oxygen atoms in total. The molecule has 0 fully saturated rings. The number of halogens is 4. The molecule has 1 unspecified atom stereocenters. The van der Waals surface area contributed by atoms with E-state index in [2.05, 4.69) is 15.0 Å². The zero-order valence-electron chi connectivity index (χ0n) is 20.9. The van der Waals surface area contributed by atoms with Crippen LogP contribution in [0.15, 0.2) is 60.8 Å². The smallest absolute Gasteiger partial charge is 0.387 e. The zero-order valence-corrected chi connectivity index (χ0v) is 21.7. The van der Waals surface area contributed by atoms with Crippen molar-refractivity contribution >= 4 is 33.7 Å². The average Bonchev–Trinajstić information content (AvgIpc) is 3.32. The Hall–Kier alpha value is -4.40. The highest BCUT2D eigenvalue weighted by Crippen LogP contribution is 2.27. The predicted octanol–water partition coefficient (Wildman–Crippen LogP) is 3.14. The first-order valence-electron chi connectivity index (χ1n) is 11.8. The van der Waals surface area contributed by atoms with Crippen molar-refractivity contribution in [2.75, 3.05) is 22.8 Å². The summed E-state index contributed by atoms with van der Waals surface area (Å²) in [7, 11) is -3.12. The van der Waals surface area contributed by atoms with Crippen molar-refractivity contribution in [2.24, 2.45) is 0 Å². The van der Waals surface area contributed by atoms with Crippen molar-refractivity contribution in [2.45, 2.75) is 25.5 Å². The molecular formula is C25H23F4N5O5S. The number of carbonyl (C=O) groups excluding carboxylic acids is 2. The number of carbonyl (C=O) groups is 2. The number of likely N-dealkylation sites (N-methyl/N-ethyl adjacent to an activating group) is 1. The fourth-order valence-electron chi connectivity index (χ4n) is 4.15. The molecule has 3 amide bonds. The van der Waals surface area contributed by atoms with E-state index in [-0.39, 0.29) is 29.4 Å². The zero-order chi connectivity index (χ0) is 29.0. The second-order valence-electron chi connectivity index (χ2n) is 8.69. The summed E-state index contributed by atoms with van der Waals surface area (Å²) in [5, 5.41) is 2.26. The van der Waals surface area contributed by atoms with E-state index in [1.54, 1.807) is 12.1 Å². The first-order valence-corrected chi connectivity index (χ1v) is 13.2. The predicted molar refractivity (Wildman–Crippen MR) is 136 cm³/mol. The summed E-state index contributed by atoms with van der Waals surface area (Å²) in [6.07, 6.45) is 1.37. The van der Waals surface area contributed by atoms with Gasteiger partial charge in [0.1, 0.15) is 29.2 Å². The summed E-state index contributed by atoms with van der Waals surface area (Å²) in [5.41, 5.74) is 0.878. The SMILES string of the molecule is CN(C(=O)C(Cc1cc(F)cc(F)c1)NC(=O)NS(=O)(=O)N1CCc2cccnc21)c1ccc(OC(F)F)cc1. The van der Waals surface area contributed by atoms with Crippen LogP contribution in [0.1, 0.15) is 11.1 Å². The van der Waals surface area contributed by atoms with Gasteiger partial charge in [0.15, 0.2) is 0 Å². The lowest BCUT2D eigenvalue weighted by atomic mass is 10.0. The number of nitrogens with one attached hydrogen (secondary N) is 2. The maximum atomic E-state index is 13.8. The number of nitrogens with zero attached hydrogens (tertiary/aromatic N) is 3. The van der Waals surface area contributed by atoms with Crippen molar-refractivity contribution in [3.63, 3.8) is 0 Å². The maximum absolute atomic E-state index is 13.8. The van der Waals surface area contributed by atoms with Gasteiger partial charge >= 0.3 is 22.9 Å². The lowest BCUT2D eigenvalue weighted by molar-refractivity contribution is -0.120. The van der Waals surface area contributed by atoms with E-state index in [1.807, 2.05) is 4.72 Å². The van der Waals surface area contributed by atoms with E-state index >= 15 is 0 Å². The summed E-state index contributed by atoms with van der Waals surface area (Å²) < 4.78 is 85.4. The second-order valence-corrected chi connectivity index (χ2v) is 10.3. The molecule has 1 aliphatic rings. The fraction of sp³-hybridized carbons (Fsp3) is 0.240. The Bertz CT molecular complexity index is 1490. The molecule has 1 atom stereocenters. The fourth-order valence-corrected chi connectivity index (χ4v) is 5.28. The van der Waals surface area contributed by atoms with Gasteiger partial charge in [-0.15, -0.1) is 0 Å². The van der Waals surface area contributed by atoms with Crippen molar-refractivity contribution in [1.29, 1.82) is 0 Å². The summed E-state index contributed by atoms with van der Waals surface area (Å²) in [6.45, 7) is -3.02. The minimum Gasteiger partial charge on any atom is -0.435 e. The summed E-state index contributed by atoms with van der Waals surface area (Å²) in [5.74, 6) is -2.64. The molecule has 212 valence electrons. The molecule has 40 heavy (non-hydrogen) atoms. The number of hydrogen-bond acceptors (Lipinski definition) is 6. The quantitative estimate of drug-likeness (QED) is 0.375. The largest absolute Gasteiger partial charge is 0.435 e. The number of rotatable bonds is 9. The van der Waals surface area contributed by atoms with Gasteiger partial charge < -0.3 is 15.0 Å². The number of amides is 3. The average molecular weight is 582 g/mol.